The number of esters is 1. The second kappa shape index (κ2) is 3.49. The minimum absolute atomic E-state index is 1.53. The van der Waals surface area contributed by atoms with E-state index in [1.54, 1.807) is 0 Å². The standard InChI is InChI=1S/C4H3F5O2/c5-2(6)1-11-3(10)4(7,8)9/h2H,1H2. The molecule has 0 rings (SSSR count). The van der Waals surface area contributed by atoms with Crippen molar-refractivity contribution in [1.82, 2.24) is 0 Å². The Bertz CT molecular complexity index is 140. The molecule has 0 unspecified atom stereocenters. The Labute approximate surface area is 57.9 Å². The predicted molar refractivity (Wildman–Crippen MR) is 23.0 cm³/mol. The van der Waals surface area contributed by atoms with Gasteiger partial charge in [0.25, 0.3) is 6.43 Å². The average Bonchev–Trinajstić information content (AvgIpc) is 1.80. The molecule has 0 aliphatic heterocycles. The normalized spacial score (nSPS) is 11.8. The number of carbonyl (C=O) groups is 1. The first-order chi connectivity index (χ1) is 4.84. The molecule has 0 saturated carbocycles. The molecule has 0 fully saturated rings. The molecule has 7 heteroatoms. The minimum Gasteiger partial charge on any atom is -0.453 e. The summed E-state index contributed by atoms with van der Waals surface area (Å²) in [5.74, 6) is -2.60. The van der Waals surface area contributed by atoms with E-state index >= 15 is 0 Å². The van der Waals surface area contributed by atoms with Crippen molar-refractivity contribution in [2.45, 2.75) is 12.6 Å². The van der Waals surface area contributed by atoms with E-state index in [0.29, 0.717) is 0 Å². The summed E-state index contributed by atoms with van der Waals surface area (Å²) in [6.07, 6.45) is -8.28. The SMILES string of the molecule is O=C(OCC(F)F)C(F)(F)F. The Hall–Kier alpha value is -0.880. The number of ether oxygens (including phenoxy) is 1. The van der Waals surface area contributed by atoms with Crippen LogP contribution in [0.25, 0.3) is 0 Å². The van der Waals surface area contributed by atoms with Crippen molar-refractivity contribution in [3.63, 3.8) is 0 Å². The van der Waals surface area contributed by atoms with Crippen molar-refractivity contribution in [2.75, 3.05) is 6.61 Å². The second-order valence-electron chi connectivity index (χ2n) is 1.49. The molecular formula is C4H3F5O2. The van der Waals surface area contributed by atoms with Gasteiger partial charge in [0.1, 0.15) is 0 Å². The highest BCUT2D eigenvalue weighted by Gasteiger charge is 2.41. The van der Waals surface area contributed by atoms with E-state index in [4.69, 9.17) is 0 Å². The van der Waals surface area contributed by atoms with Crippen molar-refractivity contribution in [1.29, 1.82) is 0 Å². The van der Waals surface area contributed by atoms with Crippen LogP contribution in [0.1, 0.15) is 0 Å². The fourth-order valence-corrected chi connectivity index (χ4v) is 0.221. The van der Waals surface area contributed by atoms with Gasteiger partial charge in [-0.05, 0) is 0 Å². The Kier molecular flexibility index (Phi) is 3.21. The molecule has 0 aromatic carbocycles. The van der Waals surface area contributed by atoms with E-state index in [1.807, 2.05) is 0 Å². The second-order valence-corrected chi connectivity index (χ2v) is 1.49. The van der Waals surface area contributed by atoms with Crippen LogP contribution >= 0.6 is 0 Å². The molecule has 0 spiro atoms. The summed E-state index contributed by atoms with van der Waals surface area (Å²) >= 11 is 0. The van der Waals surface area contributed by atoms with Crippen molar-refractivity contribution in [3.8, 4) is 0 Å². The number of rotatable bonds is 2. The van der Waals surface area contributed by atoms with Gasteiger partial charge in [0.2, 0.25) is 0 Å². The molecule has 0 aliphatic rings. The molecule has 66 valence electrons. The van der Waals surface area contributed by atoms with Crippen LogP contribution < -0.4 is 0 Å². The number of halogens is 5. The maximum Gasteiger partial charge on any atom is 0.490 e. The summed E-state index contributed by atoms with van der Waals surface area (Å²) in [6.45, 7) is -1.53. The molecule has 0 N–H and O–H groups in total. The van der Waals surface area contributed by atoms with E-state index in [0.717, 1.165) is 0 Å². The van der Waals surface area contributed by atoms with Gasteiger partial charge in [-0.2, -0.15) is 13.2 Å². The van der Waals surface area contributed by atoms with Crippen LogP contribution in [0.5, 0.6) is 0 Å². The van der Waals surface area contributed by atoms with Gasteiger partial charge in [0.15, 0.2) is 6.61 Å². The molecule has 0 heterocycles. The Morgan fingerprint density at radius 2 is 1.82 bits per heavy atom. The molecular weight excluding hydrogens is 175 g/mol. The summed E-state index contributed by atoms with van der Waals surface area (Å²) in [6, 6.07) is 0. The van der Waals surface area contributed by atoms with Crippen LogP contribution in [-0.2, 0) is 9.53 Å². The highest BCUT2D eigenvalue weighted by atomic mass is 19.4. The van der Waals surface area contributed by atoms with E-state index in [1.165, 1.54) is 0 Å². The molecule has 0 saturated heterocycles. The third-order valence-electron chi connectivity index (χ3n) is 0.572. The van der Waals surface area contributed by atoms with Gasteiger partial charge in [0.05, 0.1) is 0 Å². The molecule has 0 radical (unpaired) electrons. The fourth-order valence-electron chi connectivity index (χ4n) is 0.221. The van der Waals surface area contributed by atoms with Gasteiger partial charge in [-0.25, -0.2) is 13.6 Å². The molecule has 0 amide bonds. The van der Waals surface area contributed by atoms with Crippen LogP contribution in [0.15, 0.2) is 0 Å². The predicted octanol–water partition coefficient (Wildman–Crippen LogP) is 1.36. The maximum atomic E-state index is 11.2. The highest BCUT2D eigenvalue weighted by molar-refractivity contribution is 5.75. The zero-order valence-corrected chi connectivity index (χ0v) is 4.99. The van der Waals surface area contributed by atoms with Crippen LogP contribution in [0.4, 0.5) is 22.0 Å². The third-order valence-corrected chi connectivity index (χ3v) is 0.572. The van der Waals surface area contributed by atoms with Gasteiger partial charge in [-0.15, -0.1) is 0 Å². The lowest BCUT2D eigenvalue weighted by Gasteiger charge is -2.05. The first-order valence-corrected chi connectivity index (χ1v) is 2.36. The number of hydrogen-bond acceptors (Lipinski definition) is 2. The van der Waals surface area contributed by atoms with Crippen LogP contribution in [0.2, 0.25) is 0 Å². The molecule has 0 atom stereocenters. The number of alkyl halides is 5. The third kappa shape index (κ3) is 4.51. The zero-order chi connectivity index (χ0) is 9.07. The summed E-state index contributed by atoms with van der Waals surface area (Å²) in [4.78, 5) is 9.69. The molecule has 0 aliphatic carbocycles. The van der Waals surface area contributed by atoms with E-state index in [-0.39, 0.29) is 0 Å². The van der Waals surface area contributed by atoms with Crippen LogP contribution in [0, 0.1) is 0 Å². The fraction of sp³-hybridized carbons (Fsp3) is 0.750. The minimum atomic E-state index is -5.20. The first kappa shape index (κ1) is 10.1. The van der Waals surface area contributed by atoms with Crippen molar-refractivity contribution >= 4 is 5.97 Å². The quantitative estimate of drug-likeness (QED) is 0.471. The van der Waals surface area contributed by atoms with Crippen LogP contribution in [-0.4, -0.2) is 25.2 Å². The van der Waals surface area contributed by atoms with Crippen molar-refractivity contribution in [2.24, 2.45) is 0 Å². The topological polar surface area (TPSA) is 26.3 Å². The summed E-state index contributed by atoms with van der Waals surface area (Å²) in [5, 5.41) is 0. The highest BCUT2D eigenvalue weighted by Crippen LogP contribution is 2.16. The lowest BCUT2D eigenvalue weighted by molar-refractivity contribution is -0.202. The monoisotopic (exact) mass is 178 g/mol. The first-order valence-electron chi connectivity index (χ1n) is 2.36. The van der Waals surface area contributed by atoms with E-state index in [9.17, 15) is 26.7 Å². The Morgan fingerprint density at radius 1 is 1.36 bits per heavy atom. The number of hydrogen-bond donors (Lipinski definition) is 0. The molecule has 0 aromatic heterocycles. The van der Waals surface area contributed by atoms with E-state index < -0.39 is 25.2 Å². The largest absolute Gasteiger partial charge is 0.490 e. The summed E-state index contributed by atoms with van der Waals surface area (Å²) in [7, 11) is 0. The Balaban J connectivity index is 3.71. The van der Waals surface area contributed by atoms with Gasteiger partial charge in [-0.1, -0.05) is 0 Å². The summed E-state index contributed by atoms with van der Waals surface area (Å²) < 4.78 is 59.0. The Morgan fingerprint density at radius 3 is 2.09 bits per heavy atom. The average molecular weight is 178 g/mol. The number of carbonyl (C=O) groups excluding carboxylic acids is 1. The van der Waals surface area contributed by atoms with Gasteiger partial charge in [-0.3, -0.25) is 0 Å². The molecule has 0 aromatic rings. The van der Waals surface area contributed by atoms with Gasteiger partial charge >= 0.3 is 12.1 Å². The van der Waals surface area contributed by atoms with Crippen LogP contribution in [0.3, 0.4) is 0 Å². The summed E-state index contributed by atoms with van der Waals surface area (Å²) in [5.41, 5.74) is 0. The van der Waals surface area contributed by atoms with E-state index in [2.05, 4.69) is 4.74 Å². The maximum absolute atomic E-state index is 11.2. The smallest absolute Gasteiger partial charge is 0.453 e. The van der Waals surface area contributed by atoms with Gasteiger partial charge in [0, 0.05) is 0 Å². The lowest BCUT2D eigenvalue weighted by atomic mass is 10.6. The molecule has 2 nitrogen and oxygen atoms in total. The van der Waals surface area contributed by atoms with Gasteiger partial charge < -0.3 is 4.74 Å². The molecule has 0 bridgehead atoms. The lowest BCUT2D eigenvalue weighted by Crippen LogP contribution is -2.27. The van der Waals surface area contributed by atoms with Crippen molar-refractivity contribution in [3.05, 3.63) is 0 Å². The van der Waals surface area contributed by atoms with Crippen molar-refractivity contribution < 1.29 is 31.5 Å². The zero-order valence-electron chi connectivity index (χ0n) is 4.99. The molecule has 11 heavy (non-hydrogen) atoms.